The first-order valence-electron chi connectivity index (χ1n) is 6.62. The molecule has 0 saturated heterocycles. The van der Waals surface area contributed by atoms with E-state index in [1.807, 2.05) is 11.7 Å². The number of fused-ring (bicyclic) bond motifs is 3. The number of nitrogens with one attached hydrogen (secondary N) is 1. The maximum absolute atomic E-state index is 12.2. The highest BCUT2D eigenvalue weighted by molar-refractivity contribution is 7.10. The van der Waals surface area contributed by atoms with Crippen LogP contribution in [-0.4, -0.2) is 35.9 Å². The summed E-state index contributed by atoms with van der Waals surface area (Å²) in [6, 6.07) is 2.12. The highest BCUT2D eigenvalue weighted by Gasteiger charge is 2.27. The Hall–Kier alpha value is -1.66. The Kier molecular flexibility index (Phi) is 3.58. The number of aromatic nitrogens is 2. The third-order valence-electron chi connectivity index (χ3n) is 3.55. The molecule has 20 heavy (non-hydrogen) atoms. The number of hydrogen-bond donors (Lipinski definition) is 1. The molecule has 0 spiro atoms. The Bertz CT molecular complexity index is 645. The van der Waals surface area contributed by atoms with E-state index in [-0.39, 0.29) is 5.91 Å². The molecular formula is C14H17N3O2S. The van der Waals surface area contributed by atoms with Crippen LogP contribution in [-0.2, 0) is 24.6 Å². The number of aryl methyl sites for hydroxylation is 2. The van der Waals surface area contributed by atoms with E-state index in [2.05, 4.69) is 21.9 Å². The molecule has 5 nitrogen and oxygen atoms in total. The van der Waals surface area contributed by atoms with Gasteiger partial charge in [-0.25, -0.2) is 0 Å². The number of thiophene rings is 1. The second-order valence-corrected chi connectivity index (χ2v) is 5.81. The van der Waals surface area contributed by atoms with Crippen molar-refractivity contribution in [2.45, 2.75) is 12.8 Å². The maximum Gasteiger partial charge on any atom is 0.272 e. The lowest BCUT2D eigenvalue weighted by molar-refractivity contribution is 0.0930. The fourth-order valence-electron chi connectivity index (χ4n) is 2.66. The van der Waals surface area contributed by atoms with Crippen LogP contribution in [0, 0.1) is 0 Å². The molecule has 2 heterocycles. The predicted molar refractivity (Wildman–Crippen MR) is 78.1 cm³/mol. The Balaban J connectivity index is 1.93. The molecule has 1 aliphatic rings. The van der Waals surface area contributed by atoms with E-state index < -0.39 is 0 Å². The number of nitrogens with zero attached hydrogens (tertiary/aromatic N) is 2. The highest BCUT2D eigenvalue weighted by atomic mass is 32.1. The molecule has 2 aromatic heterocycles. The van der Waals surface area contributed by atoms with Crippen LogP contribution in [0.5, 0.6) is 0 Å². The molecule has 0 aromatic carbocycles. The minimum absolute atomic E-state index is 0.113. The molecule has 0 radical (unpaired) electrons. The zero-order valence-electron chi connectivity index (χ0n) is 11.6. The van der Waals surface area contributed by atoms with Crippen molar-refractivity contribution in [2.24, 2.45) is 7.05 Å². The Morgan fingerprint density at radius 3 is 3.20 bits per heavy atom. The number of amides is 1. The van der Waals surface area contributed by atoms with E-state index in [4.69, 9.17) is 4.74 Å². The summed E-state index contributed by atoms with van der Waals surface area (Å²) in [6.07, 6.45) is 1.87. The van der Waals surface area contributed by atoms with Crippen molar-refractivity contribution in [3.8, 4) is 11.3 Å². The molecule has 1 amide bonds. The molecule has 0 unspecified atom stereocenters. The molecule has 106 valence electrons. The summed E-state index contributed by atoms with van der Waals surface area (Å²) < 4.78 is 6.77. The molecule has 1 N–H and O–H groups in total. The van der Waals surface area contributed by atoms with Crippen LogP contribution in [0.15, 0.2) is 11.4 Å². The van der Waals surface area contributed by atoms with Gasteiger partial charge in [0.15, 0.2) is 5.69 Å². The molecule has 0 atom stereocenters. The van der Waals surface area contributed by atoms with Gasteiger partial charge in [-0.3, -0.25) is 9.48 Å². The van der Waals surface area contributed by atoms with Gasteiger partial charge in [0.2, 0.25) is 0 Å². The Morgan fingerprint density at radius 2 is 2.40 bits per heavy atom. The van der Waals surface area contributed by atoms with Gasteiger partial charge >= 0.3 is 0 Å². The summed E-state index contributed by atoms with van der Waals surface area (Å²) in [6.45, 7) is 1.01. The van der Waals surface area contributed by atoms with E-state index in [0.29, 0.717) is 18.8 Å². The topological polar surface area (TPSA) is 56.1 Å². The molecule has 6 heteroatoms. The number of carbonyl (C=O) groups is 1. The van der Waals surface area contributed by atoms with Crippen molar-refractivity contribution >= 4 is 17.2 Å². The number of rotatable bonds is 4. The normalized spacial score (nSPS) is 12.9. The first kappa shape index (κ1) is 13.3. The number of carbonyl (C=O) groups excluding carboxylic acids is 1. The van der Waals surface area contributed by atoms with Gasteiger partial charge in [0.1, 0.15) is 0 Å². The molecule has 0 bridgehead atoms. The van der Waals surface area contributed by atoms with Gasteiger partial charge in [-0.05, 0) is 24.3 Å². The van der Waals surface area contributed by atoms with Gasteiger partial charge in [-0.15, -0.1) is 11.3 Å². The number of ether oxygens (including phenoxy) is 1. The highest BCUT2D eigenvalue weighted by Crippen LogP contribution is 2.37. The standard InChI is InChI=1S/C14H17N3O2S/c1-17-13-9-5-8-20-11(9)4-3-10(13)12(16-17)14(18)15-6-7-19-2/h5,8H,3-4,6-7H2,1-2H3,(H,15,18). The average Bonchev–Trinajstić information content (AvgIpc) is 3.03. The lowest BCUT2D eigenvalue weighted by Crippen LogP contribution is -2.28. The smallest absolute Gasteiger partial charge is 0.272 e. The first-order chi connectivity index (χ1) is 9.72. The van der Waals surface area contributed by atoms with E-state index in [0.717, 1.165) is 24.1 Å². The van der Waals surface area contributed by atoms with E-state index >= 15 is 0 Å². The van der Waals surface area contributed by atoms with Crippen molar-refractivity contribution in [1.82, 2.24) is 15.1 Å². The van der Waals surface area contributed by atoms with Crippen LogP contribution in [0.3, 0.4) is 0 Å². The third kappa shape index (κ3) is 2.14. The van der Waals surface area contributed by atoms with Gasteiger partial charge < -0.3 is 10.1 Å². The molecule has 1 aliphatic carbocycles. The minimum Gasteiger partial charge on any atom is -0.383 e. The number of methoxy groups -OCH3 is 1. The Morgan fingerprint density at radius 1 is 1.55 bits per heavy atom. The minimum atomic E-state index is -0.113. The zero-order chi connectivity index (χ0) is 14.1. The van der Waals surface area contributed by atoms with Crippen LogP contribution in [0.2, 0.25) is 0 Å². The summed E-state index contributed by atoms with van der Waals surface area (Å²) in [5.41, 5.74) is 3.93. The second-order valence-electron chi connectivity index (χ2n) is 4.81. The molecule has 0 fully saturated rings. The van der Waals surface area contributed by atoms with Gasteiger partial charge in [-0.2, -0.15) is 5.10 Å². The summed E-state index contributed by atoms with van der Waals surface area (Å²) in [7, 11) is 3.52. The molecular weight excluding hydrogens is 274 g/mol. The van der Waals surface area contributed by atoms with E-state index in [9.17, 15) is 4.79 Å². The van der Waals surface area contributed by atoms with Crippen LogP contribution < -0.4 is 5.32 Å². The van der Waals surface area contributed by atoms with Crippen LogP contribution in [0.25, 0.3) is 11.3 Å². The molecule has 2 aromatic rings. The molecule has 3 rings (SSSR count). The summed E-state index contributed by atoms with van der Waals surface area (Å²) in [5.74, 6) is -0.113. The van der Waals surface area contributed by atoms with Crippen LogP contribution >= 0.6 is 11.3 Å². The second kappa shape index (κ2) is 5.38. The van der Waals surface area contributed by atoms with Crippen molar-refractivity contribution in [2.75, 3.05) is 20.3 Å². The van der Waals surface area contributed by atoms with E-state index in [1.54, 1.807) is 18.4 Å². The quantitative estimate of drug-likeness (QED) is 0.871. The van der Waals surface area contributed by atoms with E-state index in [1.165, 1.54) is 10.4 Å². The SMILES string of the molecule is COCCNC(=O)c1nn(C)c2c1CCc1sccc1-2. The molecule has 0 aliphatic heterocycles. The van der Waals surface area contributed by atoms with Crippen molar-refractivity contribution in [1.29, 1.82) is 0 Å². The van der Waals surface area contributed by atoms with Crippen LogP contribution in [0.4, 0.5) is 0 Å². The average molecular weight is 291 g/mol. The third-order valence-corrected chi connectivity index (χ3v) is 4.54. The van der Waals surface area contributed by atoms with Gasteiger partial charge in [0, 0.05) is 36.7 Å². The fraction of sp³-hybridized carbons (Fsp3) is 0.429. The lowest BCUT2D eigenvalue weighted by atomic mass is 9.94. The predicted octanol–water partition coefficient (Wildman–Crippen LogP) is 1.62. The largest absolute Gasteiger partial charge is 0.383 e. The monoisotopic (exact) mass is 291 g/mol. The van der Waals surface area contributed by atoms with Gasteiger partial charge in [0.05, 0.1) is 12.3 Å². The summed E-state index contributed by atoms with van der Waals surface area (Å²) in [4.78, 5) is 13.6. The van der Waals surface area contributed by atoms with Crippen LogP contribution in [0.1, 0.15) is 20.9 Å². The van der Waals surface area contributed by atoms with Gasteiger partial charge in [-0.1, -0.05) is 0 Å². The number of hydrogen-bond acceptors (Lipinski definition) is 4. The summed E-state index contributed by atoms with van der Waals surface area (Å²) >= 11 is 1.77. The summed E-state index contributed by atoms with van der Waals surface area (Å²) in [5, 5.41) is 9.36. The first-order valence-corrected chi connectivity index (χ1v) is 7.50. The van der Waals surface area contributed by atoms with Crippen molar-refractivity contribution < 1.29 is 9.53 Å². The van der Waals surface area contributed by atoms with Gasteiger partial charge in [0.25, 0.3) is 5.91 Å². The zero-order valence-corrected chi connectivity index (χ0v) is 12.4. The molecule has 0 saturated carbocycles. The van der Waals surface area contributed by atoms with Crippen molar-refractivity contribution in [3.63, 3.8) is 0 Å². The van der Waals surface area contributed by atoms with Crippen molar-refractivity contribution in [3.05, 3.63) is 27.6 Å². The fourth-order valence-corrected chi connectivity index (χ4v) is 3.54. The Labute approximate surface area is 121 Å². The lowest BCUT2D eigenvalue weighted by Gasteiger charge is -2.13. The maximum atomic E-state index is 12.2.